The maximum absolute atomic E-state index is 12.7. The van der Waals surface area contributed by atoms with Crippen LogP contribution in [0.5, 0.6) is 5.75 Å². The van der Waals surface area contributed by atoms with Crippen molar-refractivity contribution in [2.75, 3.05) is 23.8 Å². The fourth-order valence-electron chi connectivity index (χ4n) is 2.82. The number of anilines is 2. The molecule has 1 fully saturated rings. The topological polar surface area (TPSA) is 76.7 Å². The first-order chi connectivity index (χ1) is 13.0. The van der Waals surface area contributed by atoms with E-state index >= 15 is 0 Å². The molecule has 0 saturated carbocycles. The van der Waals surface area contributed by atoms with Crippen molar-refractivity contribution in [2.24, 2.45) is 0 Å². The van der Waals surface area contributed by atoms with Gasteiger partial charge in [0.15, 0.2) is 0 Å². The van der Waals surface area contributed by atoms with Crippen LogP contribution in [0.25, 0.3) is 0 Å². The molecule has 1 atom stereocenters. The van der Waals surface area contributed by atoms with Gasteiger partial charge in [0.25, 0.3) is 5.91 Å². The van der Waals surface area contributed by atoms with E-state index in [9.17, 15) is 9.59 Å². The Kier molecular flexibility index (Phi) is 6.32. The minimum atomic E-state index is -0.304. The first kappa shape index (κ1) is 19.2. The molecule has 2 N–H and O–H groups in total. The first-order valence-corrected chi connectivity index (χ1v) is 9.12. The summed E-state index contributed by atoms with van der Waals surface area (Å²) in [6.07, 6.45) is 2.07. The summed E-state index contributed by atoms with van der Waals surface area (Å²) in [5.74, 6) is -0.0150. The number of nitrogens with one attached hydrogen (secondary N) is 2. The van der Waals surface area contributed by atoms with Crippen molar-refractivity contribution in [3.63, 3.8) is 0 Å². The van der Waals surface area contributed by atoms with Crippen molar-refractivity contribution < 1.29 is 19.1 Å². The molecule has 142 valence electrons. The standard InChI is InChI=1S/C20H21ClN2O4/c1-13(24)22-18-9-8-14(11-17(18)21)23-20(25)16-6-2-3-7-19(16)27-12-15-5-4-10-26-15/h2-3,6-9,11,15H,4-5,10,12H2,1H3,(H,22,24)(H,23,25)/t15-/m0/s1. The number of hydrogen-bond donors (Lipinski definition) is 2. The Balaban J connectivity index is 1.68. The molecule has 1 aliphatic rings. The second kappa shape index (κ2) is 8.88. The first-order valence-electron chi connectivity index (χ1n) is 8.75. The lowest BCUT2D eigenvalue weighted by Gasteiger charge is -2.15. The monoisotopic (exact) mass is 388 g/mol. The molecular weight excluding hydrogens is 368 g/mol. The van der Waals surface area contributed by atoms with Gasteiger partial charge in [0.2, 0.25) is 5.91 Å². The SMILES string of the molecule is CC(=O)Nc1ccc(NC(=O)c2ccccc2OC[C@@H]2CCCO2)cc1Cl. The van der Waals surface area contributed by atoms with Gasteiger partial charge >= 0.3 is 0 Å². The van der Waals surface area contributed by atoms with Gasteiger partial charge in [-0.05, 0) is 43.2 Å². The quantitative estimate of drug-likeness (QED) is 0.780. The number of halogens is 1. The number of ether oxygens (including phenoxy) is 2. The molecule has 3 rings (SSSR count). The molecule has 6 nitrogen and oxygen atoms in total. The summed E-state index contributed by atoms with van der Waals surface area (Å²) in [6.45, 7) is 2.58. The lowest BCUT2D eigenvalue weighted by molar-refractivity contribution is -0.114. The highest BCUT2D eigenvalue weighted by atomic mass is 35.5. The van der Waals surface area contributed by atoms with Gasteiger partial charge in [-0.3, -0.25) is 9.59 Å². The molecule has 7 heteroatoms. The summed E-state index contributed by atoms with van der Waals surface area (Å²) in [7, 11) is 0. The van der Waals surface area contributed by atoms with E-state index in [-0.39, 0.29) is 17.9 Å². The number of benzene rings is 2. The van der Waals surface area contributed by atoms with Gasteiger partial charge in [-0.1, -0.05) is 23.7 Å². The maximum atomic E-state index is 12.7. The summed E-state index contributed by atoms with van der Waals surface area (Å²) < 4.78 is 11.4. The van der Waals surface area contributed by atoms with Gasteiger partial charge in [-0.25, -0.2) is 0 Å². The molecular formula is C20H21ClN2O4. The Hall–Kier alpha value is -2.57. The van der Waals surface area contributed by atoms with E-state index in [1.54, 1.807) is 36.4 Å². The van der Waals surface area contributed by atoms with Crippen LogP contribution in [-0.2, 0) is 9.53 Å². The third-order valence-electron chi connectivity index (χ3n) is 4.12. The molecule has 0 aliphatic carbocycles. The van der Waals surface area contributed by atoms with Crippen LogP contribution >= 0.6 is 11.6 Å². The second-order valence-corrected chi connectivity index (χ2v) is 6.68. The minimum absolute atomic E-state index is 0.0706. The molecule has 0 spiro atoms. The average Bonchev–Trinajstić information content (AvgIpc) is 3.16. The van der Waals surface area contributed by atoms with Crippen LogP contribution in [0.2, 0.25) is 5.02 Å². The molecule has 1 saturated heterocycles. The Morgan fingerprint density at radius 1 is 1.22 bits per heavy atom. The largest absolute Gasteiger partial charge is 0.490 e. The van der Waals surface area contributed by atoms with E-state index in [2.05, 4.69) is 10.6 Å². The molecule has 27 heavy (non-hydrogen) atoms. The summed E-state index contributed by atoms with van der Waals surface area (Å²) in [4.78, 5) is 23.8. The molecule has 0 bridgehead atoms. The summed E-state index contributed by atoms with van der Waals surface area (Å²) >= 11 is 6.15. The Labute approximate surface area is 162 Å². The maximum Gasteiger partial charge on any atom is 0.259 e. The van der Waals surface area contributed by atoms with Gasteiger partial charge < -0.3 is 20.1 Å². The van der Waals surface area contributed by atoms with Crippen molar-refractivity contribution >= 4 is 34.8 Å². The lowest BCUT2D eigenvalue weighted by Crippen LogP contribution is -2.19. The number of carbonyl (C=O) groups excluding carboxylic acids is 2. The normalized spacial score (nSPS) is 16.0. The average molecular weight is 389 g/mol. The third kappa shape index (κ3) is 5.21. The number of carbonyl (C=O) groups is 2. The highest BCUT2D eigenvalue weighted by Crippen LogP contribution is 2.27. The van der Waals surface area contributed by atoms with E-state index in [4.69, 9.17) is 21.1 Å². The van der Waals surface area contributed by atoms with Crippen LogP contribution < -0.4 is 15.4 Å². The molecule has 1 heterocycles. The van der Waals surface area contributed by atoms with Crippen molar-refractivity contribution in [1.82, 2.24) is 0 Å². The van der Waals surface area contributed by atoms with Gasteiger partial charge in [-0.15, -0.1) is 0 Å². The molecule has 2 aromatic carbocycles. The van der Waals surface area contributed by atoms with E-state index in [1.165, 1.54) is 6.92 Å². The number of hydrogen-bond acceptors (Lipinski definition) is 4. The van der Waals surface area contributed by atoms with Crippen molar-refractivity contribution in [2.45, 2.75) is 25.9 Å². The van der Waals surface area contributed by atoms with Crippen LogP contribution in [0.3, 0.4) is 0 Å². The summed E-state index contributed by atoms with van der Waals surface area (Å²) in [6, 6.07) is 12.0. The zero-order valence-corrected chi connectivity index (χ0v) is 15.7. The highest BCUT2D eigenvalue weighted by Gasteiger charge is 2.18. The van der Waals surface area contributed by atoms with Crippen LogP contribution in [0.1, 0.15) is 30.1 Å². The number of rotatable bonds is 6. The molecule has 2 amide bonds. The van der Waals surface area contributed by atoms with E-state index in [0.29, 0.717) is 34.3 Å². The minimum Gasteiger partial charge on any atom is -0.490 e. The molecule has 0 radical (unpaired) electrons. The molecule has 1 aliphatic heterocycles. The third-order valence-corrected chi connectivity index (χ3v) is 4.43. The van der Waals surface area contributed by atoms with Crippen LogP contribution in [0.15, 0.2) is 42.5 Å². The van der Waals surface area contributed by atoms with Crippen molar-refractivity contribution in [3.8, 4) is 5.75 Å². The van der Waals surface area contributed by atoms with Crippen LogP contribution in [-0.4, -0.2) is 31.1 Å². The fraction of sp³-hybridized carbons (Fsp3) is 0.300. The predicted molar refractivity (Wildman–Crippen MR) is 105 cm³/mol. The Morgan fingerprint density at radius 3 is 2.74 bits per heavy atom. The predicted octanol–water partition coefficient (Wildman–Crippen LogP) is 4.11. The van der Waals surface area contributed by atoms with Crippen LogP contribution in [0.4, 0.5) is 11.4 Å². The summed E-state index contributed by atoms with van der Waals surface area (Å²) in [5, 5.41) is 5.76. The van der Waals surface area contributed by atoms with Gasteiger partial charge in [-0.2, -0.15) is 0 Å². The van der Waals surface area contributed by atoms with Crippen molar-refractivity contribution in [3.05, 3.63) is 53.1 Å². The van der Waals surface area contributed by atoms with E-state index < -0.39 is 0 Å². The fourth-order valence-corrected chi connectivity index (χ4v) is 3.05. The van der Waals surface area contributed by atoms with Gasteiger partial charge in [0, 0.05) is 19.2 Å². The zero-order valence-electron chi connectivity index (χ0n) is 15.0. The lowest BCUT2D eigenvalue weighted by atomic mass is 10.1. The van der Waals surface area contributed by atoms with E-state index in [1.807, 2.05) is 6.07 Å². The van der Waals surface area contributed by atoms with Crippen LogP contribution in [0, 0.1) is 0 Å². The second-order valence-electron chi connectivity index (χ2n) is 6.27. The molecule has 0 aromatic heterocycles. The number of amides is 2. The highest BCUT2D eigenvalue weighted by molar-refractivity contribution is 6.34. The molecule has 0 unspecified atom stereocenters. The van der Waals surface area contributed by atoms with Gasteiger partial charge in [0.1, 0.15) is 12.4 Å². The van der Waals surface area contributed by atoms with Gasteiger partial charge in [0.05, 0.1) is 22.4 Å². The number of para-hydroxylation sites is 1. The summed E-state index contributed by atoms with van der Waals surface area (Å²) in [5.41, 5.74) is 1.44. The Bertz CT molecular complexity index is 834. The zero-order chi connectivity index (χ0) is 19.2. The van der Waals surface area contributed by atoms with Crippen molar-refractivity contribution in [1.29, 1.82) is 0 Å². The smallest absolute Gasteiger partial charge is 0.259 e. The Morgan fingerprint density at radius 2 is 2.04 bits per heavy atom. The van der Waals surface area contributed by atoms with E-state index in [0.717, 1.165) is 19.4 Å². The molecule has 2 aromatic rings.